The summed E-state index contributed by atoms with van der Waals surface area (Å²) in [5.74, 6) is 1.42. The van der Waals surface area contributed by atoms with Gasteiger partial charge in [-0.05, 0) is 25.0 Å². The van der Waals surface area contributed by atoms with E-state index >= 15 is 0 Å². The van der Waals surface area contributed by atoms with Crippen molar-refractivity contribution in [3.63, 3.8) is 0 Å². The Morgan fingerprint density at radius 2 is 2.26 bits per heavy atom. The molecule has 0 aliphatic carbocycles. The van der Waals surface area contributed by atoms with Crippen molar-refractivity contribution in [1.82, 2.24) is 10.2 Å². The number of nitrogen functional groups attached to an aromatic ring is 1. The number of aromatic amines is 1. The fraction of sp³-hybridized carbons (Fsp3) is 0.357. The second-order valence-electron chi connectivity index (χ2n) is 4.88. The summed E-state index contributed by atoms with van der Waals surface area (Å²) in [6, 6.07) is 6.03. The summed E-state index contributed by atoms with van der Waals surface area (Å²) >= 11 is 0. The van der Waals surface area contributed by atoms with Crippen LogP contribution >= 0.6 is 0 Å². The molecule has 0 atom stereocenters. The first kappa shape index (κ1) is 11.9. The van der Waals surface area contributed by atoms with Crippen molar-refractivity contribution in [2.45, 2.75) is 12.8 Å². The van der Waals surface area contributed by atoms with Crippen LogP contribution in [0.15, 0.2) is 18.2 Å². The molecule has 5 nitrogen and oxygen atoms in total. The highest BCUT2D eigenvalue weighted by atomic mass is 16.5. The van der Waals surface area contributed by atoms with E-state index in [1.807, 2.05) is 6.07 Å². The number of nitrogens with zero attached hydrogens (tertiary/aromatic N) is 2. The normalized spacial score (nSPS) is 14.3. The van der Waals surface area contributed by atoms with Gasteiger partial charge < -0.3 is 15.4 Å². The third-order valence-corrected chi connectivity index (χ3v) is 3.66. The standard InChI is InChI=1S/C14H18N4O/c1-18-7-3-4-10-12(18)6-5-9(14(10)19-2)11-8-13(15)17-16-11/h5-6,8H,3-4,7H2,1-2H3,(H3,15,16,17). The summed E-state index contributed by atoms with van der Waals surface area (Å²) in [6.07, 6.45) is 2.19. The molecular weight excluding hydrogens is 240 g/mol. The van der Waals surface area contributed by atoms with Crippen LogP contribution < -0.4 is 15.4 Å². The number of benzene rings is 1. The average molecular weight is 258 g/mol. The zero-order valence-corrected chi connectivity index (χ0v) is 11.2. The van der Waals surface area contributed by atoms with E-state index in [9.17, 15) is 0 Å². The fourth-order valence-electron chi connectivity index (χ4n) is 2.75. The Labute approximate surface area is 112 Å². The fourth-order valence-corrected chi connectivity index (χ4v) is 2.75. The molecule has 0 fully saturated rings. The number of hydrogen-bond donors (Lipinski definition) is 2. The molecular formula is C14H18N4O. The van der Waals surface area contributed by atoms with E-state index in [0.717, 1.165) is 36.4 Å². The maximum absolute atomic E-state index is 5.68. The Bertz CT molecular complexity index is 605. The SMILES string of the molecule is COc1c(-c2cc(N)n[nH]2)ccc2c1CCCN2C. The van der Waals surface area contributed by atoms with E-state index in [1.54, 1.807) is 7.11 Å². The smallest absolute Gasteiger partial charge is 0.145 e. The number of fused-ring (bicyclic) bond motifs is 1. The van der Waals surface area contributed by atoms with Crippen LogP contribution in [0.2, 0.25) is 0 Å². The third-order valence-electron chi connectivity index (χ3n) is 3.66. The largest absolute Gasteiger partial charge is 0.496 e. The van der Waals surface area contributed by atoms with Crippen molar-refractivity contribution in [3.8, 4) is 17.0 Å². The topological polar surface area (TPSA) is 67.2 Å². The molecule has 2 aromatic rings. The van der Waals surface area contributed by atoms with Crippen LogP contribution in [0.4, 0.5) is 11.5 Å². The number of methoxy groups -OCH3 is 1. The molecule has 3 rings (SSSR count). The summed E-state index contributed by atoms with van der Waals surface area (Å²) in [7, 11) is 3.83. The number of H-pyrrole nitrogens is 1. The highest BCUT2D eigenvalue weighted by Gasteiger charge is 2.21. The molecule has 0 saturated carbocycles. The molecule has 0 bridgehead atoms. The summed E-state index contributed by atoms with van der Waals surface area (Å²) < 4.78 is 5.64. The predicted molar refractivity (Wildman–Crippen MR) is 76.6 cm³/mol. The average Bonchev–Trinajstić information content (AvgIpc) is 2.84. The second kappa shape index (κ2) is 4.50. The second-order valence-corrected chi connectivity index (χ2v) is 4.88. The lowest BCUT2D eigenvalue weighted by atomic mass is 9.96. The summed E-state index contributed by atoms with van der Waals surface area (Å²) in [5.41, 5.74) is 10.1. The lowest BCUT2D eigenvalue weighted by Gasteiger charge is -2.29. The molecule has 0 amide bonds. The highest BCUT2D eigenvalue weighted by Crippen LogP contribution is 2.40. The van der Waals surface area contributed by atoms with Gasteiger partial charge in [-0.2, -0.15) is 5.10 Å². The van der Waals surface area contributed by atoms with Crippen molar-refractivity contribution >= 4 is 11.5 Å². The van der Waals surface area contributed by atoms with E-state index in [1.165, 1.54) is 11.3 Å². The Kier molecular flexibility index (Phi) is 2.81. The quantitative estimate of drug-likeness (QED) is 0.865. The molecule has 3 N–H and O–H groups in total. The van der Waals surface area contributed by atoms with E-state index in [4.69, 9.17) is 10.5 Å². The molecule has 1 aromatic heterocycles. The molecule has 1 aliphatic heterocycles. The molecule has 100 valence electrons. The van der Waals surface area contributed by atoms with Gasteiger partial charge in [-0.15, -0.1) is 0 Å². The van der Waals surface area contributed by atoms with Crippen molar-refractivity contribution in [1.29, 1.82) is 0 Å². The van der Waals surface area contributed by atoms with E-state index < -0.39 is 0 Å². The lowest BCUT2D eigenvalue weighted by molar-refractivity contribution is 0.409. The molecule has 0 spiro atoms. The van der Waals surface area contributed by atoms with Crippen LogP contribution in [-0.4, -0.2) is 30.9 Å². The van der Waals surface area contributed by atoms with Gasteiger partial charge in [-0.25, -0.2) is 0 Å². The van der Waals surface area contributed by atoms with Crippen LogP contribution in [0.25, 0.3) is 11.3 Å². The molecule has 1 aliphatic rings. The molecule has 19 heavy (non-hydrogen) atoms. The van der Waals surface area contributed by atoms with E-state index in [-0.39, 0.29) is 0 Å². The zero-order valence-electron chi connectivity index (χ0n) is 11.2. The van der Waals surface area contributed by atoms with Gasteiger partial charge in [-0.3, -0.25) is 5.10 Å². The zero-order chi connectivity index (χ0) is 13.4. The molecule has 5 heteroatoms. The Hall–Kier alpha value is -2.17. The van der Waals surface area contributed by atoms with Gasteiger partial charge in [-0.1, -0.05) is 0 Å². The van der Waals surface area contributed by atoms with Crippen LogP contribution in [0.1, 0.15) is 12.0 Å². The predicted octanol–water partition coefficient (Wildman–Crippen LogP) is 2.05. The molecule has 0 radical (unpaired) electrons. The van der Waals surface area contributed by atoms with Gasteiger partial charge in [0.2, 0.25) is 0 Å². The minimum Gasteiger partial charge on any atom is -0.496 e. The molecule has 0 saturated heterocycles. The van der Waals surface area contributed by atoms with Gasteiger partial charge in [0.1, 0.15) is 11.6 Å². The Morgan fingerprint density at radius 1 is 1.42 bits per heavy atom. The van der Waals surface area contributed by atoms with Gasteiger partial charge in [0.05, 0.1) is 12.8 Å². The number of hydrogen-bond acceptors (Lipinski definition) is 4. The van der Waals surface area contributed by atoms with Gasteiger partial charge in [0.25, 0.3) is 0 Å². The van der Waals surface area contributed by atoms with Crippen LogP contribution in [0.3, 0.4) is 0 Å². The minimum atomic E-state index is 0.492. The van der Waals surface area contributed by atoms with E-state index in [2.05, 4.69) is 34.3 Å². The molecule has 2 heterocycles. The van der Waals surface area contributed by atoms with Crippen LogP contribution in [0, 0.1) is 0 Å². The minimum absolute atomic E-state index is 0.492. The lowest BCUT2D eigenvalue weighted by Crippen LogP contribution is -2.25. The number of ether oxygens (including phenoxy) is 1. The van der Waals surface area contributed by atoms with E-state index in [0.29, 0.717) is 5.82 Å². The van der Waals surface area contributed by atoms with Crippen LogP contribution in [-0.2, 0) is 6.42 Å². The first-order valence-electron chi connectivity index (χ1n) is 6.43. The third kappa shape index (κ3) is 1.91. The summed E-state index contributed by atoms with van der Waals surface area (Å²) in [5, 5.41) is 6.93. The Balaban J connectivity index is 2.16. The Morgan fingerprint density at radius 3 is 2.95 bits per heavy atom. The number of nitrogens with one attached hydrogen (secondary N) is 1. The first-order valence-corrected chi connectivity index (χ1v) is 6.43. The van der Waals surface area contributed by atoms with Gasteiger partial charge in [0.15, 0.2) is 0 Å². The maximum Gasteiger partial charge on any atom is 0.145 e. The number of nitrogens with two attached hydrogens (primary N) is 1. The summed E-state index contributed by atoms with van der Waals surface area (Å²) in [6.45, 7) is 1.09. The van der Waals surface area contributed by atoms with Crippen molar-refractivity contribution < 1.29 is 4.74 Å². The number of anilines is 2. The van der Waals surface area contributed by atoms with Crippen molar-refractivity contribution in [3.05, 3.63) is 23.8 Å². The first-order chi connectivity index (χ1) is 9.20. The maximum atomic E-state index is 5.68. The van der Waals surface area contributed by atoms with Crippen molar-refractivity contribution in [2.75, 3.05) is 31.3 Å². The number of rotatable bonds is 2. The molecule has 1 aromatic carbocycles. The summed E-state index contributed by atoms with van der Waals surface area (Å²) in [4.78, 5) is 2.27. The monoisotopic (exact) mass is 258 g/mol. The van der Waals surface area contributed by atoms with Crippen molar-refractivity contribution in [2.24, 2.45) is 0 Å². The highest BCUT2D eigenvalue weighted by molar-refractivity contribution is 5.76. The molecule has 0 unspecified atom stereocenters. The van der Waals surface area contributed by atoms with Crippen LogP contribution in [0.5, 0.6) is 5.75 Å². The van der Waals surface area contributed by atoms with Gasteiger partial charge >= 0.3 is 0 Å². The number of aromatic nitrogens is 2. The van der Waals surface area contributed by atoms with Gasteiger partial charge in [0, 0.05) is 36.5 Å².